The van der Waals surface area contributed by atoms with E-state index < -0.39 is 0 Å². The first-order valence-electron chi connectivity index (χ1n) is 8.66. The predicted octanol–water partition coefficient (Wildman–Crippen LogP) is 3.72. The number of hydrogen-bond donors (Lipinski definition) is 2. The van der Waals surface area contributed by atoms with E-state index in [1.165, 1.54) is 12.1 Å². The number of aliphatic imine (C=N–C) groups is 1. The van der Waals surface area contributed by atoms with Crippen LogP contribution in [0.25, 0.3) is 0 Å². The lowest BCUT2D eigenvalue weighted by Crippen LogP contribution is -2.36. The summed E-state index contributed by atoms with van der Waals surface area (Å²) in [6.45, 7) is 3.53. The predicted molar refractivity (Wildman–Crippen MR) is 120 cm³/mol. The van der Waals surface area contributed by atoms with Gasteiger partial charge in [-0.1, -0.05) is 12.1 Å². The number of rotatable bonds is 8. The maximum absolute atomic E-state index is 13.3. The van der Waals surface area contributed by atoms with Gasteiger partial charge in [-0.2, -0.15) is 0 Å². The van der Waals surface area contributed by atoms with Crippen LogP contribution in [0.2, 0.25) is 0 Å². The van der Waals surface area contributed by atoms with Crippen molar-refractivity contribution in [2.75, 3.05) is 27.9 Å². The van der Waals surface area contributed by atoms with Crippen LogP contribution in [0.1, 0.15) is 18.1 Å². The van der Waals surface area contributed by atoms with Crippen molar-refractivity contribution in [1.29, 1.82) is 0 Å². The molecule has 0 saturated carbocycles. The van der Waals surface area contributed by atoms with Crippen molar-refractivity contribution >= 4 is 29.9 Å². The van der Waals surface area contributed by atoms with Gasteiger partial charge in [0.2, 0.25) is 0 Å². The van der Waals surface area contributed by atoms with Crippen LogP contribution < -0.4 is 24.8 Å². The van der Waals surface area contributed by atoms with Crippen LogP contribution in [0.4, 0.5) is 4.39 Å². The molecule has 0 aromatic heterocycles. The lowest BCUT2D eigenvalue weighted by atomic mass is 10.1. The highest BCUT2D eigenvalue weighted by Crippen LogP contribution is 2.34. The van der Waals surface area contributed by atoms with Gasteiger partial charge in [0, 0.05) is 24.7 Å². The van der Waals surface area contributed by atoms with Gasteiger partial charge in [0.25, 0.3) is 0 Å². The maximum Gasteiger partial charge on any atom is 0.191 e. The Morgan fingerprint density at radius 2 is 1.64 bits per heavy atom. The zero-order valence-corrected chi connectivity index (χ0v) is 18.9. The fourth-order valence-electron chi connectivity index (χ4n) is 2.56. The van der Waals surface area contributed by atoms with E-state index in [-0.39, 0.29) is 29.8 Å². The third-order valence-corrected chi connectivity index (χ3v) is 3.89. The molecule has 6 nitrogen and oxygen atoms in total. The first-order valence-corrected chi connectivity index (χ1v) is 8.66. The van der Waals surface area contributed by atoms with Crippen LogP contribution in [0.15, 0.2) is 41.4 Å². The number of nitrogens with zero attached hydrogens (tertiary/aromatic N) is 1. The number of hydrogen-bond acceptors (Lipinski definition) is 4. The minimum Gasteiger partial charge on any atom is -0.496 e. The van der Waals surface area contributed by atoms with Gasteiger partial charge < -0.3 is 24.8 Å². The molecule has 0 heterocycles. The van der Waals surface area contributed by atoms with E-state index in [4.69, 9.17) is 14.2 Å². The van der Waals surface area contributed by atoms with E-state index >= 15 is 0 Å². The monoisotopic (exact) mass is 503 g/mol. The molecular formula is C20H27FIN3O3. The summed E-state index contributed by atoms with van der Waals surface area (Å²) in [5, 5.41) is 6.43. The summed E-state index contributed by atoms with van der Waals surface area (Å²) in [4.78, 5) is 4.50. The number of guanidine groups is 1. The van der Waals surface area contributed by atoms with Crippen molar-refractivity contribution in [2.24, 2.45) is 4.99 Å². The second kappa shape index (κ2) is 12.3. The van der Waals surface area contributed by atoms with Crippen LogP contribution in [-0.4, -0.2) is 33.8 Å². The van der Waals surface area contributed by atoms with Crippen molar-refractivity contribution in [3.05, 3.63) is 53.3 Å². The average molecular weight is 503 g/mol. The molecule has 0 fully saturated rings. The van der Waals surface area contributed by atoms with Crippen LogP contribution in [0.3, 0.4) is 0 Å². The Labute approximate surface area is 182 Å². The Morgan fingerprint density at radius 3 is 2.25 bits per heavy atom. The van der Waals surface area contributed by atoms with Gasteiger partial charge in [-0.05, 0) is 30.7 Å². The molecule has 0 aliphatic rings. The van der Waals surface area contributed by atoms with Gasteiger partial charge in [0.1, 0.15) is 11.6 Å². The summed E-state index contributed by atoms with van der Waals surface area (Å²) in [6.07, 6.45) is 0. The molecule has 0 saturated heterocycles. The lowest BCUT2D eigenvalue weighted by Gasteiger charge is -2.16. The Kier molecular flexibility index (Phi) is 10.4. The summed E-state index contributed by atoms with van der Waals surface area (Å²) in [5.74, 6) is 2.26. The van der Waals surface area contributed by atoms with Crippen molar-refractivity contribution < 1.29 is 18.6 Å². The molecule has 0 unspecified atom stereocenters. The number of ether oxygens (including phenoxy) is 3. The van der Waals surface area contributed by atoms with Gasteiger partial charge in [-0.15, -0.1) is 24.0 Å². The smallest absolute Gasteiger partial charge is 0.191 e. The third-order valence-electron chi connectivity index (χ3n) is 3.89. The molecule has 28 heavy (non-hydrogen) atoms. The zero-order chi connectivity index (χ0) is 19.6. The summed E-state index contributed by atoms with van der Waals surface area (Å²) < 4.78 is 29.4. The Balaban J connectivity index is 0.00000392. The molecule has 2 rings (SSSR count). The standard InChI is InChI=1S/C20H26FN3O3.HI/c1-5-22-20(23-12-14-7-6-8-16(21)9-14)24-13-15-10-18(26-3)19(27-4)11-17(15)25-2;/h6-11H,5,12-13H2,1-4H3,(H2,22,23,24);1H. The molecule has 0 aliphatic carbocycles. The first kappa shape index (κ1) is 23.8. The highest BCUT2D eigenvalue weighted by Gasteiger charge is 2.12. The van der Waals surface area contributed by atoms with Gasteiger partial charge in [-0.25, -0.2) is 9.38 Å². The van der Waals surface area contributed by atoms with E-state index in [2.05, 4.69) is 15.6 Å². The number of methoxy groups -OCH3 is 3. The van der Waals surface area contributed by atoms with Crippen molar-refractivity contribution in [3.8, 4) is 17.2 Å². The van der Waals surface area contributed by atoms with Crippen LogP contribution >= 0.6 is 24.0 Å². The van der Waals surface area contributed by atoms with E-state index in [1.54, 1.807) is 33.5 Å². The molecular weight excluding hydrogens is 476 g/mol. The summed E-state index contributed by atoms with van der Waals surface area (Å²) >= 11 is 0. The second-order valence-electron chi connectivity index (χ2n) is 5.70. The summed E-state index contributed by atoms with van der Waals surface area (Å²) in [7, 11) is 4.78. The van der Waals surface area contributed by atoms with E-state index in [0.29, 0.717) is 42.8 Å². The Hall–Kier alpha value is -2.23. The SMILES string of the molecule is CCNC(=NCc1cccc(F)c1)NCc1cc(OC)c(OC)cc1OC.I. The molecule has 0 radical (unpaired) electrons. The zero-order valence-electron chi connectivity index (χ0n) is 16.5. The molecule has 154 valence electrons. The molecule has 8 heteroatoms. The van der Waals surface area contributed by atoms with Crippen molar-refractivity contribution in [3.63, 3.8) is 0 Å². The molecule has 0 bridgehead atoms. The lowest BCUT2D eigenvalue weighted by molar-refractivity contribution is 0.347. The number of nitrogens with one attached hydrogen (secondary N) is 2. The molecule has 0 amide bonds. The molecule has 2 aromatic carbocycles. The van der Waals surface area contributed by atoms with Gasteiger partial charge in [-0.3, -0.25) is 0 Å². The van der Waals surface area contributed by atoms with E-state index in [9.17, 15) is 4.39 Å². The molecule has 0 spiro atoms. The second-order valence-corrected chi connectivity index (χ2v) is 5.70. The van der Waals surface area contributed by atoms with Crippen LogP contribution in [-0.2, 0) is 13.1 Å². The highest BCUT2D eigenvalue weighted by molar-refractivity contribution is 14.0. The van der Waals surface area contributed by atoms with E-state index in [0.717, 1.165) is 11.1 Å². The minimum atomic E-state index is -0.268. The van der Waals surface area contributed by atoms with Crippen LogP contribution in [0, 0.1) is 5.82 Å². The topological polar surface area (TPSA) is 64.1 Å². The van der Waals surface area contributed by atoms with Gasteiger partial charge >= 0.3 is 0 Å². The third kappa shape index (κ3) is 6.74. The minimum absolute atomic E-state index is 0. The van der Waals surface area contributed by atoms with Gasteiger partial charge in [0.05, 0.1) is 27.9 Å². The van der Waals surface area contributed by atoms with Crippen molar-refractivity contribution in [2.45, 2.75) is 20.0 Å². The molecule has 2 N–H and O–H groups in total. The molecule has 0 aliphatic heterocycles. The molecule has 2 aromatic rings. The number of halogens is 2. The fourth-order valence-corrected chi connectivity index (χ4v) is 2.56. The fraction of sp³-hybridized carbons (Fsp3) is 0.350. The van der Waals surface area contributed by atoms with Gasteiger partial charge in [0.15, 0.2) is 17.5 Å². The largest absolute Gasteiger partial charge is 0.496 e. The number of benzene rings is 2. The summed E-state index contributed by atoms with van der Waals surface area (Å²) in [6, 6.07) is 10.1. The average Bonchev–Trinajstić information content (AvgIpc) is 2.69. The molecule has 0 atom stereocenters. The first-order chi connectivity index (χ1) is 13.1. The Morgan fingerprint density at radius 1 is 0.964 bits per heavy atom. The normalized spacial score (nSPS) is 10.7. The summed E-state index contributed by atoms with van der Waals surface area (Å²) in [5.41, 5.74) is 1.70. The maximum atomic E-state index is 13.3. The Bertz CT molecular complexity index is 787. The quantitative estimate of drug-likeness (QED) is 0.327. The van der Waals surface area contributed by atoms with Crippen LogP contribution in [0.5, 0.6) is 17.2 Å². The highest BCUT2D eigenvalue weighted by atomic mass is 127. The van der Waals surface area contributed by atoms with Crippen molar-refractivity contribution in [1.82, 2.24) is 10.6 Å². The van der Waals surface area contributed by atoms with E-state index in [1.807, 2.05) is 19.1 Å².